The molecule has 1 N–H and O–H groups in total. The molecule has 2 amide bonds. The Morgan fingerprint density at radius 1 is 1.12 bits per heavy atom. The molecule has 32 heavy (non-hydrogen) atoms. The average Bonchev–Trinajstić information content (AvgIpc) is 3.38. The fourth-order valence-electron chi connectivity index (χ4n) is 3.16. The third-order valence-corrected chi connectivity index (χ3v) is 5.54. The van der Waals surface area contributed by atoms with E-state index >= 15 is 0 Å². The number of carbonyl (C=O) groups excluding carboxylic acids is 2. The number of aromatic nitrogens is 1. The Kier molecular flexibility index (Phi) is 6.08. The molecular weight excluding hydrogens is 445 g/mol. The van der Waals surface area contributed by atoms with Crippen molar-refractivity contribution >= 4 is 44.2 Å². The van der Waals surface area contributed by atoms with E-state index in [1.807, 2.05) is 30.3 Å². The molecule has 0 unspecified atom stereocenters. The summed E-state index contributed by atoms with van der Waals surface area (Å²) in [5.74, 6) is -1.04. The van der Waals surface area contributed by atoms with Gasteiger partial charge in [0.15, 0.2) is 5.13 Å². The molecule has 1 aromatic heterocycles. The molecule has 0 radical (unpaired) electrons. The van der Waals surface area contributed by atoms with Crippen molar-refractivity contribution in [3.05, 3.63) is 54.1 Å². The van der Waals surface area contributed by atoms with Crippen molar-refractivity contribution in [2.45, 2.75) is 25.6 Å². The van der Waals surface area contributed by atoms with Gasteiger partial charge in [-0.1, -0.05) is 41.7 Å². The van der Waals surface area contributed by atoms with Crippen molar-refractivity contribution in [2.24, 2.45) is 5.10 Å². The van der Waals surface area contributed by atoms with Gasteiger partial charge >= 0.3 is 6.36 Å². The Bertz CT molecular complexity index is 1180. The second kappa shape index (κ2) is 8.95. The van der Waals surface area contributed by atoms with Crippen LogP contribution in [0.3, 0.4) is 0 Å². The van der Waals surface area contributed by atoms with Crippen LogP contribution in [0, 0.1) is 0 Å². The minimum Gasteiger partial charge on any atom is -0.406 e. The molecule has 1 aliphatic heterocycles. The lowest BCUT2D eigenvalue weighted by Crippen LogP contribution is -2.24. The number of thiazole rings is 1. The molecule has 0 fully saturated rings. The van der Waals surface area contributed by atoms with Crippen molar-refractivity contribution in [1.29, 1.82) is 0 Å². The molecule has 0 aliphatic carbocycles. The van der Waals surface area contributed by atoms with Crippen LogP contribution in [0.2, 0.25) is 0 Å². The predicted molar refractivity (Wildman–Crippen MR) is 113 cm³/mol. The Morgan fingerprint density at radius 3 is 2.66 bits per heavy atom. The molecule has 0 saturated heterocycles. The van der Waals surface area contributed by atoms with E-state index in [9.17, 15) is 22.8 Å². The van der Waals surface area contributed by atoms with Gasteiger partial charge in [-0.05, 0) is 17.7 Å². The van der Waals surface area contributed by atoms with Crippen LogP contribution in [0.4, 0.5) is 18.3 Å². The van der Waals surface area contributed by atoms with Gasteiger partial charge in [0.1, 0.15) is 5.75 Å². The van der Waals surface area contributed by atoms with Crippen molar-refractivity contribution in [2.75, 3.05) is 11.9 Å². The van der Waals surface area contributed by atoms with Gasteiger partial charge in [-0.3, -0.25) is 9.59 Å². The minimum absolute atomic E-state index is 0.0220. The zero-order valence-electron chi connectivity index (χ0n) is 16.6. The molecule has 2 aromatic carbocycles. The van der Waals surface area contributed by atoms with E-state index in [1.165, 1.54) is 17.1 Å². The summed E-state index contributed by atoms with van der Waals surface area (Å²) in [7, 11) is 0. The lowest BCUT2D eigenvalue weighted by Gasteiger charge is -2.10. The average molecular weight is 462 g/mol. The number of hydrazone groups is 1. The zero-order valence-corrected chi connectivity index (χ0v) is 17.4. The van der Waals surface area contributed by atoms with E-state index in [2.05, 4.69) is 20.1 Å². The lowest BCUT2D eigenvalue weighted by molar-refractivity contribution is -0.274. The van der Waals surface area contributed by atoms with Crippen molar-refractivity contribution in [3.63, 3.8) is 0 Å². The van der Waals surface area contributed by atoms with Gasteiger partial charge in [0, 0.05) is 25.3 Å². The van der Waals surface area contributed by atoms with Crippen LogP contribution in [0.15, 0.2) is 53.6 Å². The minimum atomic E-state index is -4.79. The number of ether oxygens (including phenoxy) is 1. The summed E-state index contributed by atoms with van der Waals surface area (Å²) in [4.78, 5) is 28.8. The maximum absolute atomic E-state index is 12.4. The molecule has 2 heterocycles. The number of nitrogens with zero attached hydrogens (tertiary/aromatic N) is 3. The first-order valence-corrected chi connectivity index (χ1v) is 10.5. The summed E-state index contributed by atoms with van der Waals surface area (Å²) in [6.07, 6.45) is -4.23. The summed E-state index contributed by atoms with van der Waals surface area (Å²) in [5.41, 5.74) is 2.21. The van der Waals surface area contributed by atoms with Gasteiger partial charge in [0.2, 0.25) is 11.8 Å². The number of fused-ring (bicyclic) bond motifs is 1. The fourth-order valence-corrected chi connectivity index (χ4v) is 4.07. The van der Waals surface area contributed by atoms with Crippen molar-refractivity contribution in [1.82, 2.24) is 9.99 Å². The van der Waals surface area contributed by atoms with Gasteiger partial charge in [-0.15, -0.1) is 13.2 Å². The van der Waals surface area contributed by atoms with Crippen molar-refractivity contribution < 1.29 is 27.5 Å². The third kappa shape index (κ3) is 5.41. The summed E-state index contributed by atoms with van der Waals surface area (Å²) in [6, 6.07) is 13.3. The standard InChI is InChI=1S/C21H17F3N4O3S/c22-21(23,24)31-14-6-7-16-17(12-14)32-20(25-16)26-18(29)8-9-19(30)28-11-10-15(27-28)13-4-2-1-3-5-13/h1-7,12H,8-11H2,(H,25,26,29). The molecule has 11 heteroatoms. The van der Waals surface area contributed by atoms with Gasteiger partial charge in [0.25, 0.3) is 0 Å². The highest BCUT2D eigenvalue weighted by Crippen LogP contribution is 2.31. The highest BCUT2D eigenvalue weighted by Gasteiger charge is 2.31. The van der Waals surface area contributed by atoms with Gasteiger partial charge < -0.3 is 10.1 Å². The van der Waals surface area contributed by atoms with Gasteiger partial charge in [0.05, 0.1) is 22.5 Å². The van der Waals surface area contributed by atoms with E-state index in [0.29, 0.717) is 23.2 Å². The van der Waals surface area contributed by atoms with Crippen LogP contribution in [0.25, 0.3) is 10.2 Å². The number of anilines is 1. The van der Waals surface area contributed by atoms with E-state index < -0.39 is 12.3 Å². The molecule has 0 spiro atoms. The van der Waals surface area contributed by atoms with E-state index in [-0.39, 0.29) is 29.6 Å². The predicted octanol–water partition coefficient (Wildman–Crippen LogP) is 4.55. The zero-order chi connectivity index (χ0) is 22.7. The van der Waals surface area contributed by atoms with Crippen LogP contribution in [0.5, 0.6) is 5.75 Å². The van der Waals surface area contributed by atoms with Crippen LogP contribution in [-0.4, -0.2) is 40.4 Å². The summed E-state index contributed by atoms with van der Waals surface area (Å²) < 4.78 is 41.4. The molecule has 7 nitrogen and oxygen atoms in total. The van der Waals surface area contributed by atoms with E-state index in [1.54, 1.807) is 0 Å². The molecule has 0 saturated carbocycles. The molecule has 166 valence electrons. The molecule has 4 rings (SSSR count). The van der Waals surface area contributed by atoms with Crippen LogP contribution in [-0.2, 0) is 9.59 Å². The SMILES string of the molecule is O=C(CCC(=O)N1CCC(c2ccccc2)=N1)Nc1nc2ccc(OC(F)(F)F)cc2s1. The normalized spacial score (nSPS) is 13.8. The maximum Gasteiger partial charge on any atom is 0.573 e. The number of halogens is 3. The number of amides is 2. The Labute approximate surface area is 184 Å². The first-order valence-electron chi connectivity index (χ1n) is 9.66. The number of hydrogen-bond donors (Lipinski definition) is 1. The van der Waals surface area contributed by atoms with Gasteiger partial charge in [-0.2, -0.15) is 5.10 Å². The molecule has 3 aromatic rings. The molecule has 0 bridgehead atoms. The van der Waals surface area contributed by atoms with Crippen LogP contribution < -0.4 is 10.1 Å². The summed E-state index contributed by atoms with van der Waals surface area (Å²) in [6.45, 7) is 0.463. The van der Waals surface area contributed by atoms with E-state index in [4.69, 9.17) is 0 Å². The Morgan fingerprint density at radius 2 is 1.91 bits per heavy atom. The number of nitrogens with one attached hydrogen (secondary N) is 1. The van der Waals surface area contributed by atoms with Crippen LogP contribution >= 0.6 is 11.3 Å². The highest BCUT2D eigenvalue weighted by atomic mass is 32.1. The highest BCUT2D eigenvalue weighted by molar-refractivity contribution is 7.22. The third-order valence-electron chi connectivity index (χ3n) is 4.60. The van der Waals surface area contributed by atoms with Crippen molar-refractivity contribution in [3.8, 4) is 5.75 Å². The first kappa shape index (κ1) is 21.8. The van der Waals surface area contributed by atoms with Crippen LogP contribution in [0.1, 0.15) is 24.8 Å². The largest absolute Gasteiger partial charge is 0.573 e. The number of rotatable bonds is 6. The molecule has 0 atom stereocenters. The fraction of sp³-hybridized carbons (Fsp3) is 0.238. The number of benzene rings is 2. The van der Waals surface area contributed by atoms with E-state index in [0.717, 1.165) is 28.7 Å². The maximum atomic E-state index is 12.4. The monoisotopic (exact) mass is 462 g/mol. The number of alkyl halides is 3. The number of carbonyl (C=O) groups is 2. The second-order valence-electron chi connectivity index (χ2n) is 6.92. The summed E-state index contributed by atoms with van der Waals surface area (Å²) >= 11 is 1.02. The second-order valence-corrected chi connectivity index (χ2v) is 7.95. The smallest absolute Gasteiger partial charge is 0.406 e. The Hall–Kier alpha value is -3.47. The Balaban J connectivity index is 1.31. The topological polar surface area (TPSA) is 83.9 Å². The van der Waals surface area contributed by atoms with Gasteiger partial charge in [-0.25, -0.2) is 9.99 Å². The number of hydrogen-bond acceptors (Lipinski definition) is 6. The molecular formula is C21H17F3N4O3S. The quantitative estimate of drug-likeness (QED) is 0.583. The summed E-state index contributed by atoms with van der Waals surface area (Å²) in [5, 5.41) is 8.53. The first-order chi connectivity index (χ1) is 15.3. The molecule has 1 aliphatic rings. The lowest BCUT2D eigenvalue weighted by atomic mass is 10.1.